The molecule has 0 amide bonds. The van der Waals surface area contributed by atoms with E-state index >= 15 is 0 Å². The average Bonchev–Trinajstić information content (AvgIpc) is 2.30. The quantitative estimate of drug-likeness (QED) is 0.508. The van der Waals surface area contributed by atoms with E-state index < -0.39 is 0 Å². The lowest BCUT2D eigenvalue weighted by molar-refractivity contribution is 0.0321. The summed E-state index contributed by atoms with van der Waals surface area (Å²) in [6, 6.07) is 0. The molecule has 0 heterocycles. The van der Waals surface area contributed by atoms with Crippen LogP contribution in [0.3, 0.4) is 0 Å². The Balaban J connectivity index is 2.89. The van der Waals surface area contributed by atoms with Gasteiger partial charge >= 0.3 is 0 Å². The van der Waals surface area contributed by atoms with Crippen LogP contribution < -0.4 is 0 Å². The van der Waals surface area contributed by atoms with Crippen LogP contribution in [0.2, 0.25) is 0 Å². The van der Waals surface area contributed by atoms with Crippen LogP contribution in [-0.2, 0) is 9.47 Å². The first-order valence-corrected chi connectivity index (χ1v) is 7.03. The van der Waals surface area contributed by atoms with Gasteiger partial charge in [-0.1, -0.05) is 46.0 Å². The lowest BCUT2D eigenvalue weighted by Crippen LogP contribution is -2.07. The molecule has 17 heavy (non-hydrogen) atoms. The van der Waals surface area contributed by atoms with Gasteiger partial charge < -0.3 is 14.6 Å². The Morgan fingerprint density at radius 2 is 1.35 bits per heavy atom. The topological polar surface area (TPSA) is 38.7 Å². The van der Waals surface area contributed by atoms with Crippen molar-refractivity contribution in [3.05, 3.63) is 0 Å². The molecule has 0 rings (SSSR count). The van der Waals surface area contributed by atoms with Crippen molar-refractivity contribution < 1.29 is 14.6 Å². The smallest absolute Gasteiger partial charge is 0.0701 e. The molecule has 0 atom stereocenters. The van der Waals surface area contributed by atoms with Gasteiger partial charge in [-0.15, -0.1) is 0 Å². The van der Waals surface area contributed by atoms with Gasteiger partial charge in [0.05, 0.1) is 26.4 Å². The maximum Gasteiger partial charge on any atom is 0.0701 e. The predicted molar refractivity (Wildman–Crippen MR) is 71.3 cm³/mol. The molecule has 0 fully saturated rings. The van der Waals surface area contributed by atoms with Crippen molar-refractivity contribution in [2.75, 3.05) is 33.0 Å². The van der Waals surface area contributed by atoms with Crippen molar-refractivity contribution in [2.24, 2.45) is 5.92 Å². The zero-order chi connectivity index (χ0) is 12.8. The van der Waals surface area contributed by atoms with Crippen molar-refractivity contribution in [1.82, 2.24) is 0 Å². The van der Waals surface area contributed by atoms with Crippen molar-refractivity contribution in [1.29, 1.82) is 0 Å². The molecule has 0 unspecified atom stereocenters. The Hall–Kier alpha value is -0.120. The van der Waals surface area contributed by atoms with E-state index in [1.807, 2.05) is 0 Å². The molecule has 3 nitrogen and oxygen atoms in total. The summed E-state index contributed by atoms with van der Waals surface area (Å²) in [5.74, 6) is 0.845. The Labute approximate surface area is 107 Å². The van der Waals surface area contributed by atoms with Gasteiger partial charge in [-0.05, 0) is 12.3 Å². The molecule has 0 bridgehead atoms. The molecule has 0 saturated heterocycles. The third kappa shape index (κ3) is 15.9. The number of unbranched alkanes of at least 4 members (excludes halogenated alkanes) is 4. The second kappa shape index (κ2) is 13.9. The highest BCUT2D eigenvalue weighted by Crippen LogP contribution is 2.10. The molecule has 0 aliphatic heterocycles. The highest BCUT2D eigenvalue weighted by Gasteiger charge is 1.95. The molecule has 0 saturated carbocycles. The minimum absolute atomic E-state index is 0.0936. The van der Waals surface area contributed by atoms with E-state index in [1.165, 1.54) is 32.1 Å². The van der Waals surface area contributed by atoms with E-state index in [-0.39, 0.29) is 6.61 Å². The van der Waals surface area contributed by atoms with E-state index in [1.54, 1.807) is 0 Å². The van der Waals surface area contributed by atoms with E-state index in [9.17, 15) is 0 Å². The second-order valence-electron chi connectivity index (χ2n) is 4.90. The molecule has 0 aliphatic carbocycles. The standard InChI is InChI=1S/C14H30O3/c1-14(2)8-6-4-3-5-7-10-16-12-13-17-11-9-15/h14-15H,3-13H2,1-2H3. The summed E-state index contributed by atoms with van der Waals surface area (Å²) in [4.78, 5) is 0. The fraction of sp³-hybridized carbons (Fsp3) is 1.00. The van der Waals surface area contributed by atoms with Gasteiger partial charge in [0.2, 0.25) is 0 Å². The summed E-state index contributed by atoms with van der Waals surface area (Å²) in [5.41, 5.74) is 0. The summed E-state index contributed by atoms with van der Waals surface area (Å²) < 4.78 is 10.5. The minimum Gasteiger partial charge on any atom is -0.394 e. The molecule has 0 spiro atoms. The van der Waals surface area contributed by atoms with Crippen LogP contribution in [0.15, 0.2) is 0 Å². The summed E-state index contributed by atoms with van der Waals surface area (Å²) in [6.45, 7) is 7.16. The first-order valence-electron chi connectivity index (χ1n) is 7.03. The second-order valence-corrected chi connectivity index (χ2v) is 4.90. The van der Waals surface area contributed by atoms with Crippen LogP contribution in [0.1, 0.15) is 52.4 Å². The van der Waals surface area contributed by atoms with Crippen molar-refractivity contribution in [3.63, 3.8) is 0 Å². The SMILES string of the molecule is CC(C)CCCCCCCOCCOCCO. The molecule has 0 aromatic carbocycles. The van der Waals surface area contributed by atoms with Crippen molar-refractivity contribution in [3.8, 4) is 0 Å². The Morgan fingerprint density at radius 3 is 2.00 bits per heavy atom. The fourth-order valence-corrected chi connectivity index (χ4v) is 1.67. The fourth-order valence-electron chi connectivity index (χ4n) is 1.67. The van der Waals surface area contributed by atoms with Gasteiger partial charge in [-0.2, -0.15) is 0 Å². The van der Waals surface area contributed by atoms with Gasteiger partial charge in [0, 0.05) is 6.61 Å². The van der Waals surface area contributed by atoms with Crippen LogP contribution in [-0.4, -0.2) is 38.1 Å². The molecule has 0 aromatic heterocycles. The van der Waals surface area contributed by atoms with Gasteiger partial charge in [0.1, 0.15) is 0 Å². The average molecular weight is 246 g/mol. The van der Waals surface area contributed by atoms with Crippen LogP contribution in [0.5, 0.6) is 0 Å². The highest BCUT2D eigenvalue weighted by molar-refractivity contribution is 4.48. The van der Waals surface area contributed by atoms with Crippen LogP contribution in [0, 0.1) is 5.92 Å². The molecular weight excluding hydrogens is 216 g/mol. The zero-order valence-corrected chi connectivity index (χ0v) is 11.6. The Kier molecular flexibility index (Phi) is 13.8. The molecular formula is C14H30O3. The lowest BCUT2D eigenvalue weighted by Gasteiger charge is -2.06. The lowest BCUT2D eigenvalue weighted by atomic mass is 10.0. The number of aliphatic hydroxyl groups is 1. The number of rotatable bonds is 13. The van der Waals surface area contributed by atoms with E-state index in [0.717, 1.165) is 18.9 Å². The van der Waals surface area contributed by atoms with Crippen molar-refractivity contribution in [2.45, 2.75) is 52.4 Å². The highest BCUT2D eigenvalue weighted by atomic mass is 16.5. The predicted octanol–water partition coefficient (Wildman–Crippen LogP) is 3.01. The van der Waals surface area contributed by atoms with Gasteiger partial charge in [0.15, 0.2) is 0 Å². The van der Waals surface area contributed by atoms with Gasteiger partial charge in [-0.3, -0.25) is 0 Å². The van der Waals surface area contributed by atoms with Gasteiger partial charge in [-0.25, -0.2) is 0 Å². The molecule has 0 aromatic rings. The van der Waals surface area contributed by atoms with E-state index in [4.69, 9.17) is 14.6 Å². The Morgan fingerprint density at radius 1 is 0.765 bits per heavy atom. The van der Waals surface area contributed by atoms with E-state index in [0.29, 0.717) is 19.8 Å². The van der Waals surface area contributed by atoms with Crippen LogP contribution >= 0.6 is 0 Å². The zero-order valence-electron chi connectivity index (χ0n) is 11.6. The number of hydrogen-bond acceptors (Lipinski definition) is 3. The first kappa shape index (κ1) is 16.9. The van der Waals surface area contributed by atoms with Crippen LogP contribution in [0.4, 0.5) is 0 Å². The first-order chi connectivity index (χ1) is 8.27. The molecule has 1 N–H and O–H groups in total. The maximum atomic E-state index is 8.48. The molecule has 0 radical (unpaired) electrons. The number of hydrogen-bond donors (Lipinski definition) is 1. The number of aliphatic hydroxyl groups excluding tert-OH is 1. The largest absolute Gasteiger partial charge is 0.394 e. The molecule has 104 valence electrons. The minimum atomic E-state index is 0.0936. The summed E-state index contributed by atoms with van der Waals surface area (Å²) in [5, 5.41) is 8.48. The third-order valence-corrected chi connectivity index (χ3v) is 2.68. The summed E-state index contributed by atoms with van der Waals surface area (Å²) in [6.07, 6.45) is 7.85. The van der Waals surface area contributed by atoms with E-state index in [2.05, 4.69) is 13.8 Å². The monoisotopic (exact) mass is 246 g/mol. The third-order valence-electron chi connectivity index (χ3n) is 2.68. The normalized spacial score (nSPS) is 11.3. The summed E-state index contributed by atoms with van der Waals surface area (Å²) in [7, 11) is 0. The molecule has 3 heteroatoms. The van der Waals surface area contributed by atoms with Crippen molar-refractivity contribution >= 4 is 0 Å². The molecule has 0 aliphatic rings. The maximum absolute atomic E-state index is 8.48. The Bertz CT molecular complexity index is 137. The van der Waals surface area contributed by atoms with Crippen LogP contribution in [0.25, 0.3) is 0 Å². The van der Waals surface area contributed by atoms with Gasteiger partial charge in [0.25, 0.3) is 0 Å². The number of ether oxygens (including phenoxy) is 2. The summed E-state index contributed by atoms with van der Waals surface area (Å²) >= 11 is 0.